The summed E-state index contributed by atoms with van der Waals surface area (Å²) in [5, 5.41) is 12.5. The van der Waals surface area contributed by atoms with Crippen LogP contribution in [0.2, 0.25) is 0 Å². The standard InChI is InChI=1S/C13H16OS2/c1-4-10-5-6-15-13(10)11(14)12-8(2)7-9(3)16-12/h5-7,11,14H,4H2,1-3H3. The first kappa shape index (κ1) is 11.8. The molecule has 0 bridgehead atoms. The summed E-state index contributed by atoms with van der Waals surface area (Å²) in [6.07, 6.45) is 0.549. The summed E-state index contributed by atoms with van der Waals surface area (Å²) >= 11 is 3.35. The van der Waals surface area contributed by atoms with Gasteiger partial charge in [-0.05, 0) is 48.9 Å². The maximum absolute atomic E-state index is 10.4. The lowest BCUT2D eigenvalue weighted by Crippen LogP contribution is -1.99. The third-order valence-corrected chi connectivity index (χ3v) is 4.95. The van der Waals surface area contributed by atoms with Gasteiger partial charge in [-0.3, -0.25) is 0 Å². The molecule has 1 atom stereocenters. The van der Waals surface area contributed by atoms with Gasteiger partial charge in [0.25, 0.3) is 0 Å². The average Bonchev–Trinajstić information content (AvgIpc) is 2.83. The fraction of sp³-hybridized carbons (Fsp3) is 0.385. The van der Waals surface area contributed by atoms with Crippen LogP contribution in [0.3, 0.4) is 0 Å². The van der Waals surface area contributed by atoms with Crippen molar-refractivity contribution in [3.8, 4) is 0 Å². The van der Waals surface area contributed by atoms with E-state index >= 15 is 0 Å². The van der Waals surface area contributed by atoms with E-state index in [2.05, 4.69) is 38.3 Å². The van der Waals surface area contributed by atoms with Crippen molar-refractivity contribution in [3.63, 3.8) is 0 Å². The van der Waals surface area contributed by atoms with E-state index < -0.39 is 6.10 Å². The number of rotatable bonds is 3. The molecule has 0 saturated heterocycles. The van der Waals surface area contributed by atoms with Gasteiger partial charge in [0.1, 0.15) is 6.10 Å². The lowest BCUT2D eigenvalue weighted by Gasteiger charge is -2.10. The smallest absolute Gasteiger partial charge is 0.123 e. The fourth-order valence-corrected chi connectivity index (χ4v) is 4.03. The Morgan fingerprint density at radius 1 is 1.31 bits per heavy atom. The highest BCUT2D eigenvalue weighted by atomic mass is 32.1. The van der Waals surface area contributed by atoms with Crippen LogP contribution >= 0.6 is 22.7 Å². The molecule has 86 valence electrons. The van der Waals surface area contributed by atoms with E-state index in [1.54, 1.807) is 22.7 Å². The van der Waals surface area contributed by atoms with E-state index in [1.807, 2.05) is 0 Å². The zero-order valence-corrected chi connectivity index (χ0v) is 11.4. The number of hydrogen-bond acceptors (Lipinski definition) is 3. The summed E-state index contributed by atoms with van der Waals surface area (Å²) in [5.41, 5.74) is 2.47. The van der Waals surface area contributed by atoms with Crippen molar-refractivity contribution in [2.24, 2.45) is 0 Å². The number of hydrogen-bond donors (Lipinski definition) is 1. The number of aliphatic hydroxyl groups is 1. The quantitative estimate of drug-likeness (QED) is 0.873. The van der Waals surface area contributed by atoms with Crippen LogP contribution in [-0.4, -0.2) is 5.11 Å². The van der Waals surface area contributed by atoms with Gasteiger partial charge < -0.3 is 5.11 Å². The predicted octanol–water partition coefficient (Wildman–Crippen LogP) is 4.07. The second-order valence-electron chi connectivity index (χ2n) is 3.97. The van der Waals surface area contributed by atoms with Crippen LogP contribution in [0.5, 0.6) is 0 Å². The SMILES string of the molecule is CCc1ccsc1C(O)c1sc(C)cc1C. The highest BCUT2D eigenvalue weighted by Crippen LogP contribution is 2.35. The molecule has 2 aromatic rings. The van der Waals surface area contributed by atoms with Gasteiger partial charge in [0, 0.05) is 14.6 Å². The molecule has 16 heavy (non-hydrogen) atoms. The Hall–Kier alpha value is -0.640. The third kappa shape index (κ3) is 2.08. The van der Waals surface area contributed by atoms with Crippen molar-refractivity contribution in [1.29, 1.82) is 0 Å². The molecule has 2 heterocycles. The molecule has 0 aliphatic carbocycles. The van der Waals surface area contributed by atoms with Crippen molar-refractivity contribution < 1.29 is 5.11 Å². The van der Waals surface area contributed by atoms with Gasteiger partial charge in [-0.1, -0.05) is 6.92 Å². The minimum absolute atomic E-state index is 0.436. The lowest BCUT2D eigenvalue weighted by molar-refractivity contribution is 0.226. The maximum Gasteiger partial charge on any atom is 0.123 e. The minimum atomic E-state index is -0.436. The van der Waals surface area contributed by atoms with Crippen LogP contribution in [0.25, 0.3) is 0 Å². The highest BCUT2D eigenvalue weighted by molar-refractivity contribution is 7.13. The molecule has 2 aromatic heterocycles. The Bertz CT molecular complexity index is 482. The predicted molar refractivity (Wildman–Crippen MR) is 71.6 cm³/mol. The summed E-state index contributed by atoms with van der Waals surface area (Å²) in [6.45, 7) is 6.29. The molecule has 0 spiro atoms. The Labute approximate surface area is 104 Å². The Kier molecular flexibility index (Phi) is 3.47. The summed E-state index contributed by atoms with van der Waals surface area (Å²) < 4.78 is 0. The zero-order chi connectivity index (χ0) is 11.7. The molecule has 0 saturated carbocycles. The first-order valence-corrected chi connectivity index (χ1v) is 7.14. The molecule has 1 nitrogen and oxygen atoms in total. The van der Waals surface area contributed by atoms with E-state index in [4.69, 9.17) is 0 Å². The van der Waals surface area contributed by atoms with Crippen LogP contribution in [0.15, 0.2) is 17.5 Å². The largest absolute Gasteiger partial charge is 0.382 e. The summed E-state index contributed by atoms with van der Waals surface area (Å²) in [5.74, 6) is 0. The van der Waals surface area contributed by atoms with E-state index in [9.17, 15) is 5.11 Å². The number of aryl methyl sites for hydroxylation is 3. The second-order valence-corrected chi connectivity index (χ2v) is 6.21. The van der Waals surface area contributed by atoms with Gasteiger partial charge in [0.15, 0.2) is 0 Å². The van der Waals surface area contributed by atoms with E-state index in [0.29, 0.717) is 0 Å². The Morgan fingerprint density at radius 3 is 2.62 bits per heavy atom. The van der Waals surface area contributed by atoms with Gasteiger partial charge in [-0.25, -0.2) is 0 Å². The molecule has 3 heteroatoms. The molecule has 0 amide bonds. The van der Waals surface area contributed by atoms with Crippen molar-refractivity contribution in [1.82, 2.24) is 0 Å². The highest BCUT2D eigenvalue weighted by Gasteiger charge is 2.19. The monoisotopic (exact) mass is 252 g/mol. The van der Waals surface area contributed by atoms with Crippen molar-refractivity contribution >= 4 is 22.7 Å². The van der Waals surface area contributed by atoms with Gasteiger partial charge in [0.2, 0.25) is 0 Å². The van der Waals surface area contributed by atoms with Crippen LogP contribution in [-0.2, 0) is 6.42 Å². The molecule has 1 unspecified atom stereocenters. The molecule has 1 N–H and O–H groups in total. The Morgan fingerprint density at radius 2 is 2.06 bits per heavy atom. The minimum Gasteiger partial charge on any atom is -0.382 e. The van der Waals surface area contributed by atoms with Gasteiger partial charge >= 0.3 is 0 Å². The molecular weight excluding hydrogens is 236 g/mol. The molecule has 0 aliphatic rings. The van der Waals surface area contributed by atoms with Crippen molar-refractivity contribution in [2.75, 3.05) is 0 Å². The molecule has 0 aromatic carbocycles. The van der Waals surface area contributed by atoms with E-state index in [-0.39, 0.29) is 0 Å². The Balaban J connectivity index is 2.38. The first-order chi connectivity index (χ1) is 7.63. The topological polar surface area (TPSA) is 20.2 Å². The maximum atomic E-state index is 10.4. The van der Waals surface area contributed by atoms with Crippen LogP contribution < -0.4 is 0 Å². The lowest BCUT2D eigenvalue weighted by atomic mass is 10.1. The number of thiophene rings is 2. The second kappa shape index (κ2) is 4.70. The van der Waals surface area contributed by atoms with Gasteiger partial charge in [-0.2, -0.15) is 0 Å². The summed E-state index contributed by atoms with van der Waals surface area (Å²) in [4.78, 5) is 3.46. The molecular formula is C13H16OS2. The molecule has 0 radical (unpaired) electrons. The van der Waals surface area contributed by atoms with Crippen molar-refractivity contribution in [3.05, 3.63) is 43.3 Å². The van der Waals surface area contributed by atoms with Crippen LogP contribution in [0, 0.1) is 13.8 Å². The summed E-state index contributed by atoms with van der Waals surface area (Å²) in [7, 11) is 0. The van der Waals surface area contributed by atoms with Gasteiger partial charge in [-0.15, -0.1) is 22.7 Å². The van der Waals surface area contributed by atoms with Crippen LogP contribution in [0.1, 0.15) is 38.8 Å². The zero-order valence-electron chi connectivity index (χ0n) is 9.78. The molecule has 0 fully saturated rings. The van der Waals surface area contributed by atoms with Crippen LogP contribution in [0.4, 0.5) is 0 Å². The first-order valence-electron chi connectivity index (χ1n) is 5.44. The summed E-state index contributed by atoms with van der Waals surface area (Å²) in [6, 6.07) is 4.25. The number of aliphatic hydroxyl groups excluding tert-OH is 1. The average molecular weight is 252 g/mol. The van der Waals surface area contributed by atoms with E-state index in [1.165, 1.54) is 16.0 Å². The normalized spacial score (nSPS) is 13.0. The van der Waals surface area contributed by atoms with Crippen molar-refractivity contribution in [2.45, 2.75) is 33.3 Å². The molecule has 2 rings (SSSR count). The van der Waals surface area contributed by atoms with Gasteiger partial charge in [0.05, 0.1) is 0 Å². The molecule has 0 aliphatic heterocycles. The van der Waals surface area contributed by atoms with E-state index in [0.717, 1.165) is 16.2 Å². The third-order valence-electron chi connectivity index (χ3n) is 2.74. The fourth-order valence-electron chi connectivity index (χ4n) is 1.93.